The molecule has 1 aromatic carbocycles. The second kappa shape index (κ2) is 14.5. The fourth-order valence-corrected chi connectivity index (χ4v) is 4.91. The molecule has 0 aliphatic carbocycles. The lowest BCUT2D eigenvalue weighted by Gasteiger charge is -2.28. The van der Waals surface area contributed by atoms with Crippen LogP contribution in [0.15, 0.2) is 18.2 Å². The quantitative estimate of drug-likeness (QED) is 0.405. The van der Waals surface area contributed by atoms with Crippen molar-refractivity contribution in [1.82, 2.24) is 10.6 Å². The molecule has 0 aromatic heterocycles. The van der Waals surface area contributed by atoms with Crippen LogP contribution in [0.1, 0.15) is 45.1 Å². The van der Waals surface area contributed by atoms with E-state index in [1.165, 1.54) is 5.56 Å². The van der Waals surface area contributed by atoms with Gasteiger partial charge in [0.1, 0.15) is 6.10 Å². The molecule has 2 heterocycles. The summed E-state index contributed by atoms with van der Waals surface area (Å²) in [7, 11) is 3.36. The number of ether oxygens (including phenoxy) is 5. The number of nitrogens with one attached hydrogen (secondary N) is 2. The molecule has 1 aromatic rings. The SMILES string of the molecule is COCCCOc1cc(C[C@@H](C[C@H]2CNC[C@H]2NC(=O)OC2CCOCC2)C(C)C)ccc1OC. The van der Waals surface area contributed by atoms with Gasteiger partial charge in [-0.05, 0) is 48.3 Å². The third-order valence-corrected chi connectivity index (χ3v) is 7.11. The summed E-state index contributed by atoms with van der Waals surface area (Å²) in [6.07, 6.45) is 4.01. The molecule has 2 aliphatic rings. The molecule has 2 N–H and O–H groups in total. The highest BCUT2D eigenvalue weighted by atomic mass is 16.6. The number of alkyl carbamates (subject to hydrolysis) is 1. The molecular weight excluding hydrogens is 448 g/mol. The van der Waals surface area contributed by atoms with E-state index in [1.54, 1.807) is 14.2 Å². The topological polar surface area (TPSA) is 87.3 Å². The Morgan fingerprint density at radius 1 is 1.14 bits per heavy atom. The lowest BCUT2D eigenvalue weighted by molar-refractivity contribution is 0.000470. The number of rotatable bonds is 13. The molecule has 1 amide bonds. The summed E-state index contributed by atoms with van der Waals surface area (Å²) >= 11 is 0. The average Bonchev–Trinajstić information content (AvgIpc) is 3.28. The standard InChI is InChI=1S/C27H44N2O6/c1-19(2)21(14-20-6-7-25(32-4)26(15-20)34-11-5-10-31-3)16-22-17-28-18-24(22)29-27(30)35-23-8-12-33-13-9-23/h6-7,15,19,21-24,28H,5,8-14,16-18H2,1-4H3,(H,29,30)/t21-,22-,24+/m0/s1. The van der Waals surface area contributed by atoms with E-state index < -0.39 is 0 Å². The van der Waals surface area contributed by atoms with Crippen molar-refractivity contribution in [2.24, 2.45) is 17.8 Å². The molecule has 2 saturated heterocycles. The summed E-state index contributed by atoms with van der Waals surface area (Å²) in [4.78, 5) is 12.5. The molecule has 3 rings (SSSR count). The van der Waals surface area contributed by atoms with E-state index in [9.17, 15) is 4.79 Å². The molecule has 0 spiro atoms. The number of carbonyl (C=O) groups excluding carboxylic acids is 1. The molecule has 3 atom stereocenters. The highest BCUT2D eigenvalue weighted by Crippen LogP contribution is 2.32. The molecule has 2 aliphatic heterocycles. The Labute approximate surface area is 210 Å². The van der Waals surface area contributed by atoms with Gasteiger partial charge in [0.15, 0.2) is 11.5 Å². The van der Waals surface area contributed by atoms with Crippen molar-refractivity contribution in [3.8, 4) is 11.5 Å². The summed E-state index contributed by atoms with van der Waals surface area (Å²) in [6.45, 7) is 8.82. The Balaban J connectivity index is 1.57. The molecule has 8 nitrogen and oxygen atoms in total. The van der Waals surface area contributed by atoms with Crippen LogP contribution < -0.4 is 20.1 Å². The summed E-state index contributed by atoms with van der Waals surface area (Å²) in [5.74, 6) is 2.89. The first-order valence-corrected chi connectivity index (χ1v) is 13.0. The second-order valence-electron chi connectivity index (χ2n) is 10.0. The van der Waals surface area contributed by atoms with Crippen LogP contribution in [0.3, 0.4) is 0 Å². The number of amides is 1. The van der Waals surface area contributed by atoms with Gasteiger partial charge >= 0.3 is 6.09 Å². The van der Waals surface area contributed by atoms with Crippen LogP contribution >= 0.6 is 0 Å². The van der Waals surface area contributed by atoms with Crippen molar-refractivity contribution in [3.63, 3.8) is 0 Å². The zero-order valence-corrected chi connectivity index (χ0v) is 21.8. The van der Waals surface area contributed by atoms with E-state index in [2.05, 4.69) is 36.6 Å². The van der Waals surface area contributed by atoms with Gasteiger partial charge in [0.25, 0.3) is 0 Å². The molecule has 0 unspecified atom stereocenters. The fraction of sp³-hybridized carbons (Fsp3) is 0.741. The number of benzene rings is 1. The Hall–Kier alpha value is -2.03. The normalized spacial score (nSPS) is 21.6. The first-order chi connectivity index (χ1) is 17.0. The van der Waals surface area contributed by atoms with Crippen molar-refractivity contribution in [2.75, 3.05) is 53.7 Å². The van der Waals surface area contributed by atoms with Crippen LogP contribution in [0.5, 0.6) is 11.5 Å². The maximum Gasteiger partial charge on any atom is 0.407 e. The van der Waals surface area contributed by atoms with Crippen molar-refractivity contribution in [2.45, 2.75) is 58.1 Å². The van der Waals surface area contributed by atoms with Crippen LogP contribution in [-0.2, 0) is 20.6 Å². The smallest absolute Gasteiger partial charge is 0.407 e. The lowest BCUT2D eigenvalue weighted by atomic mass is 9.80. The first-order valence-electron chi connectivity index (χ1n) is 13.0. The van der Waals surface area contributed by atoms with Gasteiger partial charge in [-0.15, -0.1) is 0 Å². The average molecular weight is 493 g/mol. The maximum atomic E-state index is 12.5. The van der Waals surface area contributed by atoms with Gasteiger partial charge in [-0.3, -0.25) is 0 Å². The van der Waals surface area contributed by atoms with Gasteiger partial charge in [0.2, 0.25) is 0 Å². The van der Waals surface area contributed by atoms with Crippen LogP contribution in [0.25, 0.3) is 0 Å². The highest BCUT2D eigenvalue weighted by Gasteiger charge is 2.32. The van der Waals surface area contributed by atoms with E-state index in [-0.39, 0.29) is 18.2 Å². The summed E-state index contributed by atoms with van der Waals surface area (Å²) in [6, 6.07) is 6.31. The third-order valence-electron chi connectivity index (χ3n) is 7.11. The fourth-order valence-electron chi connectivity index (χ4n) is 4.91. The Morgan fingerprint density at radius 2 is 1.94 bits per heavy atom. The summed E-state index contributed by atoms with van der Waals surface area (Å²) in [5, 5.41) is 6.59. The second-order valence-corrected chi connectivity index (χ2v) is 10.0. The number of carbonyl (C=O) groups is 1. The summed E-state index contributed by atoms with van der Waals surface area (Å²) < 4.78 is 27.6. The molecule has 35 heavy (non-hydrogen) atoms. The zero-order valence-electron chi connectivity index (χ0n) is 21.8. The molecule has 0 bridgehead atoms. The molecule has 8 heteroatoms. The Kier molecular flexibility index (Phi) is 11.4. The number of hydrogen-bond acceptors (Lipinski definition) is 7. The predicted octanol–water partition coefficient (Wildman–Crippen LogP) is 3.81. The van der Waals surface area contributed by atoms with E-state index >= 15 is 0 Å². The van der Waals surface area contributed by atoms with Gasteiger partial charge in [-0.1, -0.05) is 19.9 Å². The molecular formula is C27H44N2O6. The van der Waals surface area contributed by atoms with Gasteiger partial charge in [0, 0.05) is 52.1 Å². The molecule has 198 valence electrons. The largest absolute Gasteiger partial charge is 0.493 e. The number of hydrogen-bond donors (Lipinski definition) is 2. The monoisotopic (exact) mass is 492 g/mol. The highest BCUT2D eigenvalue weighted by molar-refractivity contribution is 5.68. The van der Waals surface area contributed by atoms with Gasteiger partial charge < -0.3 is 34.3 Å². The molecule has 0 saturated carbocycles. The third kappa shape index (κ3) is 8.85. The van der Waals surface area contributed by atoms with E-state index in [4.69, 9.17) is 23.7 Å². The first kappa shape index (κ1) is 27.6. The van der Waals surface area contributed by atoms with Crippen LogP contribution in [0.4, 0.5) is 4.79 Å². The summed E-state index contributed by atoms with van der Waals surface area (Å²) in [5.41, 5.74) is 1.24. The van der Waals surface area contributed by atoms with Crippen molar-refractivity contribution in [1.29, 1.82) is 0 Å². The van der Waals surface area contributed by atoms with Crippen LogP contribution in [0.2, 0.25) is 0 Å². The van der Waals surface area contributed by atoms with Crippen molar-refractivity contribution >= 4 is 6.09 Å². The minimum absolute atomic E-state index is 0.0408. The Bertz CT molecular complexity index is 768. The molecule has 0 radical (unpaired) electrons. The van der Waals surface area contributed by atoms with E-state index in [1.807, 2.05) is 6.07 Å². The van der Waals surface area contributed by atoms with E-state index in [0.717, 1.165) is 56.7 Å². The van der Waals surface area contributed by atoms with Gasteiger partial charge in [-0.2, -0.15) is 0 Å². The lowest BCUT2D eigenvalue weighted by Crippen LogP contribution is -2.43. The van der Waals surface area contributed by atoms with Gasteiger partial charge in [0.05, 0.1) is 26.9 Å². The predicted molar refractivity (Wildman–Crippen MR) is 135 cm³/mol. The molecule has 2 fully saturated rings. The van der Waals surface area contributed by atoms with Crippen molar-refractivity contribution in [3.05, 3.63) is 23.8 Å². The minimum atomic E-state index is -0.304. The van der Waals surface area contributed by atoms with E-state index in [0.29, 0.717) is 44.2 Å². The number of methoxy groups -OCH3 is 2. The van der Waals surface area contributed by atoms with Crippen molar-refractivity contribution < 1.29 is 28.5 Å². The van der Waals surface area contributed by atoms with Crippen LogP contribution in [-0.4, -0.2) is 72.0 Å². The zero-order chi connectivity index (χ0) is 25.0. The van der Waals surface area contributed by atoms with Crippen LogP contribution in [0, 0.1) is 17.8 Å². The minimum Gasteiger partial charge on any atom is -0.493 e. The maximum absolute atomic E-state index is 12.5. The Morgan fingerprint density at radius 3 is 2.66 bits per heavy atom. The van der Waals surface area contributed by atoms with Gasteiger partial charge in [-0.25, -0.2) is 4.79 Å².